The van der Waals surface area contributed by atoms with E-state index in [1.807, 2.05) is 0 Å². The SMILES string of the molecule is CC(C)=CC(=O)OCC(=O)NNC(=O)c1ccccc1Br. The monoisotopic (exact) mass is 354 g/mol. The van der Waals surface area contributed by atoms with E-state index in [1.54, 1.807) is 38.1 Å². The smallest absolute Gasteiger partial charge is 0.331 e. The minimum atomic E-state index is -0.633. The summed E-state index contributed by atoms with van der Waals surface area (Å²) < 4.78 is 5.29. The zero-order chi connectivity index (χ0) is 15.8. The van der Waals surface area contributed by atoms with Gasteiger partial charge in [0.05, 0.1) is 5.56 Å². The fourth-order valence-corrected chi connectivity index (χ4v) is 1.75. The number of halogens is 1. The van der Waals surface area contributed by atoms with E-state index in [2.05, 4.69) is 31.5 Å². The molecule has 0 aromatic heterocycles. The standard InChI is InChI=1S/C14H15BrN2O4/c1-9(2)7-13(19)21-8-12(18)16-17-14(20)10-5-3-4-6-11(10)15/h3-7H,8H2,1-2H3,(H,16,18)(H,17,20). The summed E-state index contributed by atoms with van der Waals surface area (Å²) in [5, 5.41) is 0. The fourth-order valence-electron chi connectivity index (χ4n) is 1.29. The van der Waals surface area contributed by atoms with E-state index in [4.69, 9.17) is 0 Å². The van der Waals surface area contributed by atoms with Crippen LogP contribution in [-0.4, -0.2) is 24.4 Å². The Hall–Kier alpha value is -2.15. The topological polar surface area (TPSA) is 84.5 Å². The predicted molar refractivity (Wildman–Crippen MR) is 80.1 cm³/mol. The van der Waals surface area contributed by atoms with Gasteiger partial charge in [0.1, 0.15) is 0 Å². The molecule has 0 aliphatic heterocycles. The number of hydrogen-bond donors (Lipinski definition) is 2. The third-order valence-electron chi connectivity index (χ3n) is 2.19. The number of nitrogens with one attached hydrogen (secondary N) is 2. The van der Waals surface area contributed by atoms with E-state index < -0.39 is 24.4 Å². The number of carbonyl (C=O) groups excluding carboxylic acids is 3. The number of hydrogen-bond acceptors (Lipinski definition) is 4. The van der Waals surface area contributed by atoms with Crippen molar-refractivity contribution in [2.45, 2.75) is 13.8 Å². The van der Waals surface area contributed by atoms with Crippen LogP contribution < -0.4 is 10.9 Å². The quantitative estimate of drug-likeness (QED) is 0.489. The average Bonchev–Trinajstić information content (AvgIpc) is 2.42. The molecular formula is C14H15BrN2O4. The molecule has 0 heterocycles. The molecule has 21 heavy (non-hydrogen) atoms. The molecule has 0 radical (unpaired) electrons. The highest BCUT2D eigenvalue weighted by Gasteiger charge is 2.11. The van der Waals surface area contributed by atoms with E-state index in [0.29, 0.717) is 10.0 Å². The molecule has 2 amide bonds. The zero-order valence-electron chi connectivity index (χ0n) is 11.6. The van der Waals surface area contributed by atoms with Gasteiger partial charge in [-0.1, -0.05) is 17.7 Å². The lowest BCUT2D eigenvalue weighted by molar-refractivity contribution is -0.144. The van der Waals surface area contributed by atoms with E-state index in [-0.39, 0.29) is 0 Å². The van der Waals surface area contributed by atoms with Crippen LogP contribution in [0.2, 0.25) is 0 Å². The predicted octanol–water partition coefficient (Wildman–Crippen LogP) is 1.72. The lowest BCUT2D eigenvalue weighted by Crippen LogP contribution is -2.43. The van der Waals surface area contributed by atoms with Crippen LogP contribution in [0.25, 0.3) is 0 Å². The number of esters is 1. The maximum absolute atomic E-state index is 11.8. The van der Waals surface area contributed by atoms with Crippen LogP contribution in [0.15, 0.2) is 40.4 Å². The molecule has 0 atom stereocenters. The van der Waals surface area contributed by atoms with Crippen LogP contribution in [0.1, 0.15) is 24.2 Å². The summed E-state index contributed by atoms with van der Waals surface area (Å²) in [5.41, 5.74) is 5.53. The molecule has 112 valence electrons. The van der Waals surface area contributed by atoms with Crippen molar-refractivity contribution in [3.05, 3.63) is 46.0 Å². The molecule has 1 aromatic rings. The van der Waals surface area contributed by atoms with E-state index >= 15 is 0 Å². The Kier molecular flexibility index (Phi) is 6.61. The number of amides is 2. The van der Waals surface area contributed by atoms with Gasteiger partial charge in [0, 0.05) is 10.5 Å². The van der Waals surface area contributed by atoms with Gasteiger partial charge in [0.2, 0.25) is 0 Å². The molecule has 0 fully saturated rings. The second-order valence-electron chi connectivity index (χ2n) is 4.31. The van der Waals surface area contributed by atoms with Crippen LogP contribution in [0.3, 0.4) is 0 Å². The summed E-state index contributed by atoms with van der Waals surface area (Å²) in [7, 11) is 0. The zero-order valence-corrected chi connectivity index (χ0v) is 13.2. The number of rotatable bonds is 4. The highest BCUT2D eigenvalue weighted by molar-refractivity contribution is 9.10. The van der Waals surface area contributed by atoms with Gasteiger partial charge < -0.3 is 4.74 Å². The maximum atomic E-state index is 11.8. The van der Waals surface area contributed by atoms with Crippen molar-refractivity contribution in [3.63, 3.8) is 0 Å². The molecular weight excluding hydrogens is 340 g/mol. The summed E-state index contributed by atoms with van der Waals surface area (Å²) in [6.07, 6.45) is 1.27. The first-order chi connectivity index (χ1) is 9.90. The van der Waals surface area contributed by atoms with Gasteiger partial charge in [-0.05, 0) is 41.9 Å². The largest absolute Gasteiger partial charge is 0.452 e. The highest BCUT2D eigenvalue weighted by Crippen LogP contribution is 2.14. The molecule has 0 aliphatic rings. The Bertz CT molecular complexity index is 580. The van der Waals surface area contributed by atoms with Crippen LogP contribution in [0.5, 0.6) is 0 Å². The first kappa shape index (κ1) is 16.9. The Morgan fingerprint density at radius 3 is 2.48 bits per heavy atom. The molecule has 0 bridgehead atoms. The van der Waals surface area contributed by atoms with Crippen molar-refractivity contribution in [1.29, 1.82) is 0 Å². The van der Waals surface area contributed by atoms with Crippen molar-refractivity contribution in [2.24, 2.45) is 0 Å². The molecule has 7 heteroatoms. The average molecular weight is 355 g/mol. The normalized spacial score (nSPS) is 9.48. The van der Waals surface area contributed by atoms with Crippen molar-refractivity contribution in [1.82, 2.24) is 10.9 Å². The molecule has 6 nitrogen and oxygen atoms in total. The molecule has 0 aliphatic carbocycles. The second-order valence-corrected chi connectivity index (χ2v) is 5.17. The minimum absolute atomic E-state index is 0.374. The van der Waals surface area contributed by atoms with Gasteiger partial charge in [0.25, 0.3) is 11.8 Å². The number of allylic oxidation sites excluding steroid dienone is 1. The first-order valence-corrected chi connectivity index (χ1v) is 6.85. The Balaban J connectivity index is 2.40. The number of hydrazine groups is 1. The van der Waals surface area contributed by atoms with Gasteiger partial charge >= 0.3 is 5.97 Å². The van der Waals surface area contributed by atoms with Gasteiger partial charge in [-0.15, -0.1) is 0 Å². The lowest BCUT2D eigenvalue weighted by atomic mass is 10.2. The van der Waals surface area contributed by atoms with Crippen LogP contribution in [-0.2, 0) is 14.3 Å². The van der Waals surface area contributed by atoms with Crippen LogP contribution in [0, 0.1) is 0 Å². The van der Waals surface area contributed by atoms with Crippen molar-refractivity contribution >= 4 is 33.7 Å². The molecule has 0 spiro atoms. The Morgan fingerprint density at radius 2 is 1.86 bits per heavy atom. The van der Waals surface area contributed by atoms with Gasteiger partial charge in [0.15, 0.2) is 6.61 Å². The van der Waals surface area contributed by atoms with Gasteiger partial charge in [-0.2, -0.15) is 0 Å². The van der Waals surface area contributed by atoms with Crippen molar-refractivity contribution in [3.8, 4) is 0 Å². The summed E-state index contributed by atoms with van der Waals surface area (Å²) >= 11 is 3.23. The molecule has 1 rings (SSSR count). The van der Waals surface area contributed by atoms with Crippen molar-refractivity contribution in [2.75, 3.05) is 6.61 Å². The summed E-state index contributed by atoms with van der Waals surface area (Å²) in [5.74, 6) is -1.72. The lowest BCUT2D eigenvalue weighted by Gasteiger charge is -2.08. The molecule has 0 saturated heterocycles. The van der Waals surface area contributed by atoms with Crippen molar-refractivity contribution < 1.29 is 19.1 Å². The second kappa shape index (κ2) is 8.21. The van der Waals surface area contributed by atoms with Gasteiger partial charge in [-0.3, -0.25) is 20.4 Å². The molecule has 2 N–H and O–H groups in total. The van der Waals surface area contributed by atoms with Crippen LogP contribution >= 0.6 is 15.9 Å². The summed E-state index contributed by atoms with van der Waals surface area (Å²) in [4.78, 5) is 34.4. The molecule has 1 aromatic carbocycles. The fraction of sp³-hybridized carbons (Fsp3) is 0.214. The Labute approximate surface area is 130 Å². The summed E-state index contributed by atoms with van der Waals surface area (Å²) in [6, 6.07) is 6.77. The number of benzene rings is 1. The first-order valence-electron chi connectivity index (χ1n) is 6.05. The Morgan fingerprint density at radius 1 is 1.19 bits per heavy atom. The van der Waals surface area contributed by atoms with E-state index in [9.17, 15) is 14.4 Å². The van der Waals surface area contributed by atoms with Crippen LogP contribution in [0.4, 0.5) is 0 Å². The van der Waals surface area contributed by atoms with Gasteiger partial charge in [-0.25, -0.2) is 4.79 Å². The summed E-state index contributed by atoms with van der Waals surface area (Å²) in [6.45, 7) is 3.00. The number of carbonyl (C=O) groups is 3. The molecule has 0 saturated carbocycles. The third-order valence-corrected chi connectivity index (χ3v) is 2.88. The van der Waals surface area contributed by atoms with E-state index in [0.717, 1.165) is 5.57 Å². The maximum Gasteiger partial charge on any atom is 0.331 e. The molecule has 0 unspecified atom stereocenters. The third kappa shape index (κ3) is 6.22. The highest BCUT2D eigenvalue weighted by atomic mass is 79.9. The minimum Gasteiger partial charge on any atom is -0.452 e. The number of ether oxygens (including phenoxy) is 1. The van der Waals surface area contributed by atoms with E-state index in [1.165, 1.54) is 6.08 Å².